The molecule has 0 fully saturated rings. The van der Waals surface area contributed by atoms with Crippen molar-refractivity contribution in [2.45, 2.75) is 13.8 Å². The zero-order valence-corrected chi connectivity index (χ0v) is 9.07. The SMILES string of the molecule is Cc1cccc(C)c1C(C#N)=C(C#N)C#N. The van der Waals surface area contributed by atoms with Crippen LogP contribution in [-0.2, 0) is 0 Å². The fourth-order valence-electron chi connectivity index (χ4n) is 1.58. The third kappa shape index (κ3) is 1.92. The van der Waals surface area contributed by atoms with E-state index in [1.807, 2.05) is 38.1 Å². The normalized spacial score (nSPS) is 8.44. The molecule has 0 unspecified atom stereocenters. The molecule has 0 aromatic heterocycles. The van der Waals surface area contributed by atoms with Crippen molar-refractivity contribution in [3.8, 4) is 18.2 Å². The van der Waals surface area contributed by atoms with E-state index in [0.717, 1.165) is 11.1 Å². The number of aryl methyl sites for hydroxylation is 2. The summed E-state index contributed by atoms with van der Waals surface area (Å²) in [6, 6.07) is 11.0. The minimum absolute atomic E-state index is 0.139. The van der Waals surface area contributed by atoms with E-state index in [1.165, 1.54) is 0 Å². The molecule has 0 N–H and O–H groups in total. The van der Waals surface area contributed by atoms with E-state index >= 15 is 0 Å². The van der Waals surface area contributed by atoms with Gasteiger partial charge in [-0.25, -0.2) is 0 Å². The van der Waals surface area contributed by atoms with Crippen molar-refractivity contribution in [2.24, 2.45) is 0 Å². The van der Waals surface area contributed by atoms with Gasteiger partial charge in [0.25, 0.3) is 0 Å². The molecule has 0 radical (unpaired) electrons. The molecule has 0 heterocycles. The second-order valence-corrected chi connectivity index (χ2v) is 3.35. The molecule has 0 atom stereocenters. The summed E-state index contributed by atoms with van der Waals surface area (Å²) in [4.78, 5) is 0. The Morgan fingerprint density at radius 1 is 0.938 bits per heavy atom. The Labute approximate surface area is 94.5 Å². The van der Waals surface area contributed by atoms with Crippen LogP contribution in [0.15, 0.2) is 23.8 Å². The molecule has 1 aromatic rings. The van der Waals surface area contributed by atoms with E-state index in [1.54, 1.807) is 12.1 Å². The van der Waals surface area contributed by atoms with E-state index in [9.17, 15) is 0 Å². The molecule has 76 valence electrons. The van der Waals surface area contributed by atoms with E-state index in [2.05, 4.69) is 0 Å². The molecule has 0 aliphatic heterocycles. The van der Waals surface area contributed by atoms with Crippen LogP contribution >= 0.6 is 0 Å². The fraction of sp³-hybridized carbons (Fsp3) is 0.154. The van der Waals surface area contributed by atoms with E-state index in [-0.39, 0.29) is 11.1 Å². The Hall–Kier alpha value is -2.57. The maximum Gasteiger partial charge on any atom is 0.148 e. The van der Waals surface area contributed by atoms with Crippen molar-refractivity contribution in [1.82, 2.24) is 0 Å². The lowest BCUT2D eigenvalue weighted by Crippen LogP contribution is -1.94. The van der Waals surface area contributed by atoms with Crippen LogP contribution in [0.1, 0.15) is 16.7 Å². The van der Waals surface area contributed by atoms with E-state index in [4.69, 9.17) is 15.8 Å². The lowest BCUT2D eigenvalue weighted by atomic mass is 9.93. The summed E-state index contributed by atoms with van der Waals surface area (Å²) in [5.41, 5.74) is 2.47. The Morgan fingerprint density at radius 2 is 1.44 bits per heavy atom. The minimum atomic E-state index is -0.139. The van der Waals surface area contributed by atoms with Crippen LogP contribution in [0.25, 0.3) is 5.57 Å². The van der Waals surface area contributed by atoms with Crippen molar-refractivity contribution in [3.63, 3.8) is 0 Å². The van der Waals surface area contributed by atoms with Gasteiger partial charge in [-0.3, -0.25) is 0 Å². The molecule has 0 bridgehead atoms. The molecule has 0 saturated carbocycles. The number of nitriles is 3. The maximum atomic E-state index is 9.05. The van der Waals surface area contributed by atoms with Crippen molar-refractivity contribution in [3.05, 3.63) is 40.5 Å². The highest BCUT2D eigenvalue weighted by Crippen LogP contribution is 2.24. The molecular formula is C13H9N3. The Bertz CT molecular complexity index is 538. The van der Waals surface area contributed by atoms with Gasteiger partial charge < -0.3 is 0 Å². The van der Waals surface area contributed by atoms with Gasteiger partial charge in [-0.15, -0.1) is 0 Å². The lowest BCUT2D eigenvalue weighted by Gasteiger charge is -2.07. The van der Waals surface area contributed by atoms with Gasteiger partial charge in [-0.05, 0) is 25.0 Å². The average Bonchev–Trinajstić information content (AvgIpc) is 2.28. The zero-order valence-electron chi connectivity index (χ0n) is 9.07. The number of allylic oxidation sites excluding steroid dienone is 2. The first-order valence-electron chi connectivity index (χ1n) is 4.66. The predicted octanol–water partition coefficient (Wildman–Crippen LogP) is 2.63. The summed E-state index contributed by atoms with van der Waals surface area (Å²) < 4.78 is 0. The standard InChI is InChI=1S/C13H9N3/c1-9-4-3-5-10(2)13(9)12(8-16)11(6-14)7-15/h3-5H,1-2H3. The molecular weight excluding hydrogens is 198 g/mol. The van der Waals surface area contributed by atoms with Crippen molar-refractivity contribution in [2.75, 3.05) is 0 Å². The van der Waals surface area contributed by atoms with Crippen LogP contribution in [-0.4, -0.2) is 0 Å². The smallest absolute Gasteiger partial charge is 0.148 e. The largest absolute Gasteiger partial charge is 0.192 e. The van der Waals surface area contributed by atoms with Crippen LogP contribution in [0.2, 0.25) is 0 Å². The van der Waals surface area contributed by atoms with Crippen LogP contribution in [0, 0.1) is 47.8 Å². The average molecular weight is 207 g/mol. The van der Waals surface area contributed by atoms with E-state index in [0.29, 0.717) is 5.56 Å². The maximum absolute atomic E-state index is 9.05. The highest BCUT2D eigenvalue weighted by Gasteiger charge is 2.13. The Morgan fingerprint density at radius 3 is 1.81 bits per heavy atom. The molecule has 0 aliphatic carbocycles. The van der Waals surface area contributed by atoms with Crippen LogP contribution < -0.4 is 0 Å². The van der Waals surface area contributed by atoms with Gasteiger partial charge in [-0.1, -0.05) is 18.2 Å². The van der Waals surface area contributed by atoms with Crippen molar-refractivity contribution >= 4 is 5.57 Å². The first-order valence-corrected chi connectivity index (χ1v) is 4.66. The third-order valence-corrected chi connectivity index (χ3v) is 2.32. The predicted molar refractivity (Wildman–Crippen MR) is 59.7 cm³/mol. The minimum Gasteiger partial charge on any atom is -0.192 e. The number of nitrogens with zero attached hydrogens (tertiary/aromatic N) is 3. The Kier molecular flexibility index (Phi) is 3.44. The molecule has 0 saturated heterocycles. The lowest BCUT2D eigenvalue weighted by molar-refractivity contribution is 1.33. The molecule has 0 aliphatic rings. The van der Waals surface area contributed by atoms with Crippen molar-refractivity contribution < 1.29 is 0 Å². The second kappa shape index (κ2) is 4.78. The first kappa shape index (κ1) is 11.5. The summed E-state index contributed by atoms with van der Waals surface area (Å²) in [5, 5.41) is 26.6. The molecule has 16 heavy (non-hydrogen) atoms. The molecule has 1 aromatic carbocycles. The zero-order chi connectivity index (χ0) is 12.1. The molecule has 1 rings (SSSR count). The number of benzene rings is 1. The summed E-state index contributed by atoms with van der Waals surface area (Å²) in [5.74, 6) is 0. The number of hydrogen-bond acceptors (Lipinski definition) is 3. The molecule has 3 heteroatoms. The summed E-state index contributed by atoms with van der Waals surface area (Å²) in [6.45, 7) is 3.71. The van der Waals surface area contributed by atoms with Gasteiger partial charge in [0.15, 0.2) is 0 Å². The topological polar surface area (TPSA) is 71.4 Å². The summed E-state index contributed by atoms with van der Waals surface area (Å²) >= 11 is 0. The Balaban J connectivity index is 3.64. The second-order valence-electron chi connectivity index (χ2n) is 3.35. The monoisotopic (exact) mass is 207 g/mol. The van der Waals surface area contributed by atoms with Crippen LogP contribution in [0.3, 0.4) is 0 Å². The van der Waals surface area contributed by atoms with Crippen molar-refractivity contribution in [1.29, 1.82) is 15.8 Å². The van der Waals surface area contributed by atoms with Gasteiger partial charge in [0.05, 0.1) is 5.57 Å². The quantitative estimate of drug-likeness (QED) is 0.664. The van der Waals surface area contributed by atoms with Crippen LogP contribution in [0.5, 0.6) is 0 Å². The van der Waals surface area contributed by atoms with Gasteiger partial charge in [0, 0.05) is 5.56 Å². The first-order chi connectivity index (χ1) is 7.65. The fourth-order valence-corrected chi connectivity index (χ4v) is 1.58. The number of rotatable bonds is 1. The van der Waals surface area contributed by atoms with Crippen LogP contribution in [0.4, 0.5) is 0 Å². The number of hydrogen-bond donors (Lipinski definition) is 0. The van der Waals surface area contributed by atoms with Gasteiger partial charge in [0.1, 0.15) is 23.8 Å². The van der Waals surface area contributed by atoms with E-state index < -0.39 is 0 Å². The van der Waals surface area contributed by atoms with Gasteiger partial charge in [-0.2, -0.15) is 15.8 Å². The summed E-state index contributed by atoms with van der Waals surface area (Å²) in [7, 11) is 0. The third-order valence-electron chi connectivity index (χ3n) is 2.32. The molecule has 0 amide bonds. The van der Waals surface area contributed by atoms with Gasteiger partial charge >= 0.3 is 0 Å². The highest BCUT2D eigenvalue weighted by atomic mass is 14.3. The van der Waals surface area contributed by atoms with Gasteiger partial charge in [0.2, 0.25) is 0 Å². The molecule has 0 spiro atoms. The molecule has 3 nitrogen and oxygen atoms in total. The summed E-state index contributed by atoms with van der Waals surface area (Å²) in [6.07, 6.45) is 0. The highest BCUT2D eigenvalue weighted by molar-refractivity contribution is 5.86.